The number of furan rings is 1. The summed E-state index contributed by atoms with van der Waals surface area (Å²) >= 11 is 0. The summed E-state index contributed by atoms with van der Waals surface area (Å²) in [5, 5.41) is 18.2. The number of aliphatic hydroxyl groups is 2. The van der Waals surface area contributed by atoms with Crippen LogP contribution >= 0.6 is 0 Å². The standard InChI is InChI=1S/C8H12O3/c1-6(9)5-7(10)8-3-2-4-11-8/h2-4,6-7,9-10H,5H2,1H3/t6-,7+/m0/s1. The Hall–Kier alpha value is -0.800. The fourth-order valence-corrected chi connectivity index (χ4v) is 0.920. The van der Waals surface area contributed by atoms with E-state index < -0.39 is 12.2 Å². The van der Waals surface area contributed by atoms with Gasteiger partial charge in [-0.05, 0) is 19.1 Å². The Labute approximate surface area is 65.3 Å². The van der Waals surface area contributed by atoms with Crippen molar-refractivity contribution in [3.63, 3.8) is 0 Å². The van der Waals surface area contributed by atoms with Crippen LogP contribution in [0.3, 0.4) is 0 Å². The average molecular weight is 156 g/mol. The van der Waals surface area contributed by atoms with Gasteiger partial charge in [0.1, 0.15) is 11.9 Å². The van der Waals surface area contributed by atoms with E-state index in [1.807, 2.05) is 0 Å². The van der Waals surface area contributed by atoms with Gasteiger partial charge in [0.15, 0.2) is 0 Å². The normalized spacial score (nSPS) is 16.3. The van der Waals surface area contributed by atoms with Gasteiger partial charge in [-0.25, -0.2) is 0 Å². The SMILES string of the molecule is C[C@H](O)C[C@@H](O)c1ccco1. The third kappa shape index (κ3) is 2.37. The summed E-state index contributed by atoms with van der Waals surface area (Å²) < 4.78 is 4.94. The zero-order valence-electron chi connectivity index (χ0n) is 6.40. The molecule has 2 atom stereocenters. The van der Waals surface area contributed by atoms with E-state index in [9.17, 15) is 5.11 Å². The van der Waals surface area contributed by atoms with Crippen molar-refractivity contribution in [3.05, 3.63) is 24.2 Å². The third-order valence-corrected chi connectivity index (χ3v) is 1.44. The number of aliphatic hydroxyl groups excluding tert-OH is 2. The van der Waals surface area contributed by atoms with Crippen LogP contribution in [-0.2, 0) is 0 Å². The second kappa shape index (κ2) is 3.55. The van der Waals surface area contributed by atoms with Gasteiger partial charge in [-0.1, -0.05) is 0 Å². The maximum absolute atomic E-state index is 9.33. The van der Waals surface area contributed by atoms with E-state index in [4.69, 9.17) is 9.52 Å². The van der Waals surface area contributed by atoms with Crippen LogP contribution in [-0.4, -0.2) is 16.3 Å². The molecular weight excluding hydrogens is 144 g/mol. The van der Waals surface area contributed by atoms with Crippen LogP contribution in [0.2, 0.25) is 0 Å². The van der Waals surface area contributed by atoms with Gasteiger partial charge in [-0.2, -0.15) is 0 Å². The molecule has 0 fully saturated rings. The Morgan fingerprint density at radius 2 is 2.27 bits per heavy atom. The molecule has 3 heteroatoms. The zero-order valence-corrected chi connectivity index (χ0v) is 6.40. The van der Waals surface area contributed by atoms with E-state index in [2.05, 4.69) is 0 Å². The summed E-state index contributed by atoms with van der Waals surface area (Å²) in [6.07, 6.45) is 0.619. The third-order valence-electron chi connectivity index (χ3n) is 1.44. The largest absolute Gasteiger partial charge is 0.467 e. The van der Waals surface area contributed by atoms with E-state index in [0.717, 1.165) is 0 Å². The Morgan fingerprint density at radius 3 is 2.73 bits per heavy atom. The minimum Gasteiger partial charge on any atom is -0.467 e. The molecule has 0 aliphatic carbocycles. The fraction of sp³-hybridized carbons (Fsp3) is 0.500. The molecule has 1 aromatic heterocycles. The summed E-state index contributed by atoms with van der Waals surface area (Å²) in [6.45, 7) is 1.63. The van der Waals surface area contributed by atoms with Crippen molar-refractivity contribution in [2.45, 2.75) is 25.6 Å². The topological polar surface area (TPSA) is 53.6 Å². The highest BCUT2D eigenvalue weighted by Gasteiger charge is 2.12. The van der Waals surface area contributed by atoms with Crippen LogP contribution in [0.1, 0.15) is 25.2 Å². The Kier molecular flexibility index (Phi) is 2.68. The first-order chi connectivity index (χ1) is 5.20. The van der Waals surface area contributed by atoms with Crippen molar-refractivity contribution in [1.82, 2.24) is 0 Å². The molecule has 2 N–H and O–H groups in total. The highest BCUT2D eigenvalue weighted by atomic mass is 16.4. The summed E-state index contributed by atoms with van der Waals surface area (Å²) in [6, 6.07) is 3.40. The van der Waals surface area contributed by atoms with Gasteiger partial charge in [-0.15, -0.1) is 0 Å². The van der Waals surface area contributed by atoms with E-state index >= 15 is 0 Å². The monoisotopic (exact) mass is 156 g/mol. The molecule has 11 heavy (non-hydrogen) atoms. The van der Waals surface area contributed by atoms with Crippen LogP contribution in [0.5, 0.6) is 0 Å². The maximum Gasteiger partial charge on any atom is 0.132 e. The van der Waals surface area contributed by atoms with Crippen molar-refractivity contribution in [1.29, 1.82) is 0 Å². The fourth-order valence-electron chi connectivity index (χ4n) is 0.920. The highest BCUT2D eigenvalue weighted by molar-refractivity contribution is 5.01. The lowest BCUT2D eigenvalue weighted by molar-refractivity contribution is 0.0763. The quantitative estimate of drug-likeness (QED) is 0.688. The molecule has 0 bridgehead atoms. The first kappa shape index (κ1) is 8.30. The van der Waals surface area contributed by atoms with Crippen LogP contribution in [0, 0.1) is 0 Å². The lowest BCUT2D eigenvalue weighted by Crippen LogP contribution is -2.07. The molecule has 0 aliphatic rings. The Bertz CT molecular complexity index is 191. The molecule has 1 aromatic rings. The molecular formula is C8H12O3. The summed E-state index contributed by atoms with van der Waals surface area (Å²) in [7, 11) is 0. The lowest BCUT2D eigenvalue weighted by atomic mass is 10.1. The molecule has 0 spiro atoms. The molecule has 0 saturated heterocycles. The average Bonchev–Trinajstić information content (AvgIpc) is 2.35. The maximum atomic E-state index is 9.33. The second-order valence-corrected chi connectivity index (χ2v) is 2.62. The van der Waals surface area contributed by atoms with Gasteiger partial charge in [0.05, 0.1) is 12.4 Å². The summed E-state index contributed by atoms with van der Waals surface area (Å²) in [5.41, 5.74) is 0. The molecule has 0 unspecified atom stereocenters. The molecule has 0 radical (unpaired) electrons. The first-order valence-corrected chi connectivity index (χ1v) is 3.59. The predicted molar refractivity (Wildman–Crippen MR) is 40.0 cm³/mol. The van der Waals surface area contributed by atoms with E-state index in [1.165, 1.54) is 6.26 Å². The highest BCUT2D eigenvalue weighted by Crippen LogP contribution is 2.17. The van der Waals surface area contributed by atoms with Crippen molar-refractivity contribution in [3.8, 4) is 0 Å². The molecule has 62 valence electrons. The number of hydrogen-bond donors (Lipinski definition) is 2. The van der Waals surface area contributed by atoms with Gasteiger partial charge in [0.25, 0.3) is 0 Å². The first-order valence-electron chi connectivity index (χ1n) is 3.59. The molecule has 3 nitrogen and oxygen atoms in total. The molecule has 0 aliphatic heterocycles. The lowest BCUT2D eigenvalue weighted by Gasteiger charge is -2.08. The second-order valence-electron chi connectivity index (χ2n) is 2.62. The predicted octanol–water partition coefficient (Wildman–Crippen LogP) is 1.08. The number of hydrogen-bond acceptors (Lipinski definition) is 3. The summed E-state index contributed by atoms with van der Waals surface area (Å²) in [4.78, 5) is 0. The van der Waals surface area contributed by atoms with Gasteiger partial charge in [-0.3, -0.25) is 0 Å². The summed E-state index contributed by atoms with van der Waals surface area (Å²) in [5.74, 6) is 0.505. The van der Waals surface area contributed by atoms with E-state index in [0.29, 0.717) is 12.2 Å². The van der Waals surface area contributed by atoms with Crippen molar-refractivity contribution in [2.24, 2.45) is 0 Å². The van der Waals surface area contributed by atoms with Crippen molar-refractivity contribution in [2.75, 3.05) is 0 Å². The van der Waals surface area contributed by atoms with Gasteiger partial charge >= 0.3 is 0 Å². The molecule has 0 saturated carbocycles. The van der Waals surface area contributed by atoms with Gasteiger partial charge in [0.2, 0.25) is 0 Å². The van der Waals surface area contributed by atoms with Crippen molar-refractivity contribution >= 4 is 0 Å². The minimum atomic E-state index is -0.690. The van der Waals surface area contributed by atoms with E-state index in [1.54, 1.807) is 19.1 Å². The zero-order chi connectivity index (χ0) is 8.27. The van der Waals surface area contributed by atoms with Gasteiger partial charge in [0, 0.05) is 6.42 Å². The minimum absolute atomic E-state index is 0.313. The van der Waals surface area contributed by atoms with Crippen LogP contribution in [0.4, 0.5) is 0 Å². The molecule has 0 aromatic carbocycles. The Balaban J connectivity index is 2.49. The smallest absolute Gasteiger partial charge is 0.132 e. The Morgan fingerprint density at radius 1 is 1.55 bits per heavy atom. The van der Waals surface area contributed by atoms with Crippen LogP contribution in [0.15, 0.2) is 22.8 Å². The molecule has 0 amide bonds. The molecule has 1 heterocycles. The van der Waals surface area contributed by atoms with Crippen LogP contribution < -0.4 is 0 Å². The number of rotatable bonds is 3. The van der Waals surface area contributed by atoms with Crippen molar-refractivity contribution < 1.29 is 14.6 Å². The molecule has 1 rings (SSSR count). The van der Waals surface area contributed by atoms with Gasteiger partial charge < -0.3 is 14.6 Å². The van der Waals surface area contributed by atoms with Crippen LogP contribution in [0.25, 0.3) is 0 Å². The van der Waals surface area contributed by atoms with E-state index in [-0.39, 0.29) is 0 Å².